The van der Waals surface area contributed by atoms with Gasteiger partial charge >= 0.3 is 18.3 Å². The van der Waals surface area contributed by atoms with Crippen LogP contribution in [0, 0.1) is 0 Å². The molecule has 2 rings (SSSR count). The first kappa shape index (κ1) is 17.0. The minimum absolute atomic E-state index is 0.0784. The Labute approximate surface area is 127 Å². The highest BCUT2D eigenvalue weighted by atomic mass is 19.3. The van der Waals surface area contributed by atoms with Gasteiger partial charge in [-0.25, -0.2) is 8.78 Å². The van der Waals surface area contributed by atoms with E-state index >= 15 is 0 Å². The number of ether oxygens (including phenoxy) is 1. The minimum Gasteiger partial charge on any atom is -0.457 e. The van der Waals surface area contributed by atoms with Crippen molar-refractivity contribution in [2.45, 2.75) is 18.3 Å². The monoisotopic (exact) mass is 335 g/mol. The highest BCUT2D eigenvalue weighted by Gasteiger charge is 2.63. The maximum atomic E-state index is 13.5. The van der Waals surface area contributed by atoms with E-state index in [1.807, 2.05) is 0 Å². The zero-order valence-electron chi connectivity index (χ0n) is 11.4. The van der Waals surface area contributed by atoms with Crippen LogP contribution in [0.15, 0.2) is 48.5 Å². The van der Waals surface area contributed by atoms with E-state index in [1.54, 1.807) is 12.1 Å². The van der Waals surface area contributed by atoms with Crippen molar-refractivity contribution in [1.82, 2.24) is 0 Å². The van der Waals surface area contributed by atoms with Crippen molar-refractivity contribution in [2.75, 3.05) is 5.73 Å². The first-order chi connectivity index (χ1) is 10.6. The zero-order chi connectivity index (χ0) is 17.3. The number of nitrogen functional groups attached to an aromatic ring is 1. The number of anilines is 1. The summed E-state index contributed by atoms with van der Waals surface area (Å²) >= 11 is 0. The van der Waals surface area contributed by atoms with Gasteiger partial charge in [0, 0.05) is 11.3 Å². The summed E-state index contributed by atoms with van der Waals surface area (Å²) < 4.78 is 82.5. The number of nitrogens with two attached hydrogens (primary N) is 1. The molecule has 0 heterocycles. The van der Waals surface area contributed by atoms with E-state index in [9.17, 15) is 26.3 Å². The van der Waals surface area contributed by atoms with Crippen molar-refractivity contribution in [2.24, 2.45) is 0 Å². The van der Waals surface area contributed by atoms with Gasteiger partial charge in [-0.15, -0.1) is 0 Å². The number of alkyl halides is 6. The summed E-state index contributed by atoms with van der Waals surface area (Å²) in [7, 11) is 0. The molecule has 0 aliphatic heterocycles. The molecule has 0 amide bonds. The van der Waals surface area contributed by atoms with Crippen LogP contribution >= 0.6 is 0 Å². The molecule has 2 nitrogen and oxygen atoms in total. The van der Waals surface area contributed by atoms with E-state index in [-0.39, 0.29) is 5.75 Å². The second kappa shape index (κ2) is 6.02. The molecule has 124 valence electrons. The van der Waals surface area contributed by atoms with Gasteiger partial charge in [0.1, 0.15) is 11.5 Å². The normalized spacial score (nSPS) is 12.5. The zero-order valence-corrected chi connectivity index (χ0v) is 11.4. The Kier molecular flexibility index (Phi) is 4.44. The summed E-state index contributed by atoms with van der Waals surface area (Å²) in [5.41, 5.74) is 4.74. The molecule has 0 aliphatic carbocycles. The van der Waals surface area contributed by atoms with E-state index in [1.165, 1.54) is 12.1 Å². The number of hydrogen-bond acceptors (Lipinski definition) is 2. The molecule has 0 atom stereocenters. The number of rotatable bonds is 5. The van der Waals surface area contributed by atoms with Crippen molar-refractivity contribution >= 4 is 5.69 Å². The predicted octanol–water partition coefficient (Wildman–Crippen LogP) is 5.05. The average Bonchev–Trinajstić information content (AvgIpc) is 2.50. The molecule has 8 heteroatoms. The number of halogens is 6. The Bertz CT molecular complexity index is 655. The third kappa shape index (κ3) is 3.35. The lowest BCUT2D eigenvalue weighted by Gasteiger charge is -2.26. The summed E-state index contributed by atoms with van der Waals surface area (Å²) in [5, 5.41) is 0. The van der Waals surface area contributed by atoms with Crippen molar-refractivity contribution in [3.63, 3.8) is 0 Å². The molecule has 0 aromatic heterocycles. The molecular weight excluding hydrogens is 324 g/mol. The summed E-state index contributed by atoms with van der Waals surface area (Å²) in [6.45, 7) is 0. The Balaban J connectivity index is 2.20. The van der Waals surface area contributed by atoms with Gasteiger partial charge in [-0.3, -0.25) is 0 Å². The van der Waals surface area contributed by atoms with Gasteiger partial charge in [-0.2, -0.15) is 17.6 Å². The van der Waals surface area contributed by atoms with E-state index < -0.39 is 23.8 Å². The van der Waals surface area contributed by atoms with Crippen LogP contribution in [-0.2, 0) is 5.92 Å². The molecule has 2 aromatic carbocycles. The van der Waals surface area contributed by atoms with Crippen LogP contribution < -0.4 is 10.5 Å². The van der Waals surface area contributed by atoms with Gasteiger partial charge in [0.2, 0.25) is 0 Å². The Morgan fingerprint density at radius 3 is 1.65 bits per heavy atom. The smallest absolute Gasteiger partial charge is 0.373 e. The molecule has 0 saturated heterocycles. The fraction of sp³-hybridized carbons (Fsp3) is 0.200. The lowest BCUT2D eigenvalue weighted by atomic mass is 10.0. The molecule has 0 spiro atoms. The Morgan fingerprint density at radius 2 is 1.22 bits per heavy atom. The molecule has 0 radical (unpaired) electrons. The van der Waals surface area contributed by atoms with Crippen LogP contribution in [0.3, 0.4) is 0 Å². The van der Waals surface area contributed by atoms with Gasteiger partial charge in [0.05, 0.1) is 0 Å². The highest BCUT2D eigenvalue weighted by Crippen LogP contribution is 2.46. The SMILES string of the molecule is Nc1ccc(Oc2ccc(C(F)(F)C(F)(F)C(F)F)cc2)cc1. The first-order valence-electron chi connectivity index (χ1n) is 6.32. The van der Waals surface area contributed by atoms with Crippen molar-refractivity contribution in [3.8, 4) is 11.5 Å². The quantitative estimate of drug-likeness (QED) is 0.613. The van der Waals surface area contributed by atoms with Crippen molar-refractivity contribution < 1.29 is 31.1 Å². The lowest BCUT2D eigenvalue weighted by Crippen LogP contribution is -2.44. The molecule has 0 bridgehead atoms. The van der Waals surface area contributed by atoms with Gasteiger partial charge < -0.3 is 10.5 Å². The lowest BCUT2D eigenvalue weighted by molar-refractivity contribution is -0.270. The van der Waals surface area contributed by atoms with E-state index in [0.717, 1.165) is 12.1 Å². The van der Waals surface area contributed by atoms with Crippen LogP contribution in [0.2, 0.25) is 0 Å². The van der Waals surface area contributed by atoms with Gasteiger partial charge in [-0.1, -0.05) is 0 Å². The third-order valence-electron chi connectivity index (χ3n) is 3.03. The Hall–Kier alpha value is -2.38. The van der Waals surface area contributed by atoms with Gasteiger partial charge in [0.25, 0.3) is 0 Å². The van der Waals surface area contributed by atoms with Crippen molar-refractivity contribution in [1.29, 1.82) is 0 Å². The average molecular weight is 335 g/mol. The molecule has 2 aromatic rings. The van der Waals surface area contributed by atoms with Crippen LogP contribution in [0.25, 0.3) is 0 Å². The molecule has 0 aliphatic rings. The highest BCUT2D eigenvalue weighted by molar-refractivity contribution is 5.43. The number of hydrogen-bond donors (Lipinski definition) is 1. The maximum Gasteiger partial charge on any atom is 0.373 e. The van der Waals surface area contributed by atoms with Gasteiger partial charge in [0.15, 0.2) is 0 Å². The molecule has 0 unspecified atom stereocenters. The minimum atomic E-state index is -5.47. The summed E-state index contributed by atoms with van der Waals surface area (Å²) in [5.74, 6) is -10.0. The molecule has 0 fully saturated rings. The first-order valence-corrected chi connectivity index (χ1v) is 6.32. The molecule has 23 heavy (non-hydrogen) atoms. The Morgan fingerprint density at radius 1 is 0.783 bits per heavy atom. The molecule has 2 N–H and O–H groups in total. The molecule has 0 saturated carbocycles. The van der Waals surface area contributed by atoms with Crippen LogP contribution in [0.1, 0.15) is 5.56 Å². The van der Waals surface area contributed by atoms with E-state index in [2.05, 4.69) is 0 Å². The fourth-order valence-electron chi connectivity index (χ4n) is 1.73. The number of benzene rings is 2. The predicted molar refractivity (Wildman–Crippen MR) is 72.2 cm³/mol. The largest absolute Gasteiger partial charge is 0.457 e. The second-order valence-corrected chi connectivity index (χ2v) is 4.69. The van der Waals surface area contributed by atoms with Crippen LogP contribution in [-0.4, -0.2) is 12.3 Å². The summed E-state index contributed by atoms with van der Waals surface area (Å²) in [6, 6.07) is 9.32. The fourth-order valence-corrected chi connectivity index (χ4v) is 1.73. The maximum absolute atomic E-state index is 13.5. The van der Waals surface area contributed by atoms with Crippen LogP contribution in [0.4, 0.5) is 32.0 Å². The summed E-state index contributed by atoms with van der Waals surface area (Å²) in [6.07, 6.45) is -4.48. The van der Waals surface area contributed by atoms with E-state index in [4.69, 9.17) is 10.5 Å². The topological polar surface area (TPSA) is 35.2 Å². The standard InChI is InChI=1S/C15H11F6NO/c16-13(17)15(20,21)14(18,19)9-1-5-11(6-2-9)23-12-7-3-10(22)4-8-12/h1-8,13H,22H2. The van der Waals surface area contributed by atoms with Crippen molar-refractivity contribution in [3.05, 3.63) is 54.1 Å². The molecular formula is C15H11F6NO. The third-order valence-corrected chi connectivity index (χ3v) is 3.03. The summed E-state index contributed by atoms with van der Waals surface area (Å²) in [4.78, 5) is 0. The van der Waals surface area contributed by atoms with Gasteiger partial charge in [-0.05, 0) is 48.5 Å². The van der Waals surface area contributed by atoms with E-state index in [0.29, 0.717) is 23.6 Å². The van der Waals surface area contributed by atoms with Crippen LogP contribution in [0.5, 0.6) is 11.5 Å². The second-order valence-electron chi connectivity index (χ2n) is 4.69.